The van der Waals surface area contributed by atoms with E-state index in [-0.39, 0.29) is 17.3 Å². The Balaban J connectivity index is 1.35. The average molecular weight is 601 g/mol. The Bertz CT molecular complexity index is 1430. The van der Waals surface area contributed by atoms with E-state index in [4.69, 9.17) is 10.00 Å². The van der Waals surface area contributed by atoms with Gasteiger partial charge in [0.2, 0.25) is 0 Å². The van der Waals surface area contributed by atoms with Gasteiger partial charge in [0.05, 0.1) is 5.69 Å². The van der Waals surface area contributed by atoms with Crippen LogP contribution < -0.4 is 20.1 Å². The van der Waals surface area contributed by atoms with Crippen LogP contribution in [0.15, 0.2) is 65.3 Å². The molecule has 234 valence electrons. The molecular weight excluding hydrogens is 554 g/mol. The van der Waals surface area contributed by atoms with Gasteiger partial charge in [-0.25, -0.2) is 0 Å². The molecule has 0 saturated heterocycles. The first-order valence-corrected chi connectivity index (χ1v) is 15.7. The molecule has 0 aromatic carbocycles. The highest BCUT2D eigenvalue weighted by molar-refractivity contribution is 5.83. The van der Waals surface area contributed by atoms with Gasteiger partial charge in [-0.15, -0.1) is 0 Å². The van der Waals surface area contributed by atoms with Crippen LogP contribution in [-0.2, 0) is 4.79 Å². The number of anilines is 1. The number of aryl methyl sites for hydroxylation is 1. The minimum Gasteiger partial charge on any atom is -0.490 e. The monoisotopic (exact) mass is 600 g/mol. The highest BCUT2D eigenvalue weighted by Crippen LogP contribution is 2.28. The van der Waals surface area contributed by atoms with Crippen molar-refractivity contribution in [2.45, 2.75) is 78.2 Å². The van der Waals surface area contributed by atoms with Crippen molar-refractivity contribution < 1.29 is 19.5 Å². The fourth-order valence-electron chi connectivity index (χ4n) is 5.64. The Labute approximate surface area is 261 Å². The summed E-state index contributed by atoms with van der Waals surface area (Å²) in [7, 11) is 0. The molecule has 1 atom stereocenters. The first-order chi connectivity index (χ1) is 21.3. The van der Waals surface area contributed by atoms with E-state index in [0.29, 0.717) is 26.1 Å². The molecule has 10 nitrogen and oxygen atoms in total. The van der Waals surface area contributed by atoms with Crippen LogP contribution in [-0.4, -0.2) is 64.7 Å². The van der Waals surface area contributed by atoms with Gasteiger partial charge >= 0.3 is 5.95 Å². The average Bonchev–Trinajstić information content (AvgIpc) is 3.01. The summed E-state index contributed by atoms with van der Waals surface area (Å²) in [4.78, 5) is 23.3. The summed E-state index contributed by atoms with van der Waals surface area (Å²) < 4.78 is 6.80. The van der Waals surface area contributed by atoms with Gasteiger partial charge in [0.1, 0.15) is 42.4 Å². The lowest BCUT2D eigenvalue weighted by Crippen LogP contribution is -2.42. The number of allylic oxidation sites excluding steroid dienone is 6. The predicted molar refractivity (Wildman–Crippen MR) is 169 cm³/mol. The quantitative estimate of drug-likeness (QED) is 0.150. The van der Waals surface area contributed by atoms with Crippen molar-refractivity contribution in [3.05, 3.63) is 76.5 Å². The molecule has 1 aliphatic heterocycles. The lowest BCUT2D eigenvalue weighted by Gasteiger charge is -2.24. The van der Waals surface area contributed by atoms with E-state index in [0.717, 1.165) is 67.8 Å². The van der Waals surface area contributed by atoms with Crippen LogP contribution in [0.25, 0.3) is 0 Å². The van der Waals surface area contributed by atoms with E-state index in [1.54, 1.807) is 6.20 Å². The molecular formula is C34H46N7O3+. The third-order valence-corrected chi connectivity index (χ3v) is 8.39. The second-order valence-corrected chi connectivity index (χ2v) is 11.6. The molecule has 0 fully saturated rings. The first kappa shape index (κ1) is 32.7. The Morgan fingerprint density at radius 3 is 2.84 bits per heavy atom. The summed E-state index contributed by atoms with van der Waals surface area (Å²) in [6.45, 7) is 9.58. The summed E-state index contributed by atoms with van der Waals surface area (Å²) in [6, 6.07) is 5.20. The SMILES string of the molecule is CC(=O)[C@H](CCN(CCCCC1=C(C)CCC2=C(C=C1)CCCN2)CCOc1cccnc1C)Nc1ncc(C#N)c[n+]1O. The minimum atomic E-state index is -0.542. The predicted octanol–water partition coefficient (Wildman–Crippen LogP) is 4.80. The Morgan fingerprint density at radius 1 is 1.20 bits per heavy atom. The molecule has 0 saturated carbocycles. The molecule has 4 rings (SSSR count). The number of nitriles is 1. The third kappa shape index (κ3) is 9.64. The van der Waals surface area contributed by atoms with Gasteiger partial charge in [-0.1, -0.05) is 27.4 Å². The molecule has 2 aromatic heterocycles. The van der Waals surface area contributed by atoms with Crippen LogP contribution in [0.4, 0.5) is 5.95 Å². The number of rotatable bonds is 15. The van der Waals surface area contributed by atoms with Crippen LogP contribution >= 0.6 is 0 Å². The van der Waals surface area contributed by atoms with Crippen molar-refractivity contribution in [3.63, 3.8) is 0 Å². The van der Waals surface area contributed by atoms with Crippen molar-refractivity contribution in [2.24, 2.45) is 0 Å². The number of hydrogen-bond acceptors (Lipinski definition) is 9. The zero-order valence-electron chi connectivity index (χ0n) is 26.3. The van der Waals surface area contributed by atoms with Crippen LogP contribution in [0.5, 0.6) is 5.75 Å². The molecule has 0 spiro atoms. The Hall–Kier alpha value is -4.23. The van der Waals surface area contributed by atoms with Crippen molar-refractivity contribution in [1.29, 1.82) is 5.26 Å². The molecule has 3 N–H and O–H groups in total. The van der Waals surface area contributed by atoms with Crippen LogP contribution in [0.2, 0.25) is 0 Å². The van der Waals surface area contributed by atoms with Crippen molar-refractivity contribution in [2.75, 3.05) is 38.1 Å². The number of Topliss-reactive ketones (excluding diaryl/α,β-unsaturated/α-hetero) is 1. The van der Waals surface area contributed by atoms with Gasteiger partial charge in [0.25, 0.3) is 0 Å². The van der Waals surface area contributed by atoms with Crippen LogP contribution in [0.3, 0.4) is 0 Å². The number of nitrogens with zero attached hydrogens (tertiary/aromatic N) is 5. The molecule has 0 amide bonds. The highest BCUT2D eigenvalue weighted by Gasteiger charge is 2.24. The molecule has 44 heavy (non-hydrogen) atoms. The topological polar surface area (TPSA) is 127 Å². The smallest absolute Gasteiger partial charge is 0.428 e. The van der Waals surface area contributed by atoms with Gasteiger partial charge in [-0.3, -0.25) is 20.0 Å². The molecule has 1 aliphatic carbocycles. The summed E-state index contributed by atoms with van der Waals surface area (Å²) in [5, 5.41) is 25.9. The van der Waals surface area contributed by atoms with Gasteiger partial charge < -0.3 is 15.3 Å². The normalized spacial score (nSPS) is 15.6. The maximum absolute atomic E-state index is 12.5. The van der Waals surface area contributed by atoms with E-state index in [2.05, 4.69) is 44.6 Å². The Kier molecular flexibility index (Phi) is 12.3. The zero-order chi connectivity index (χ0) is 31.3. The number of carbonyl (C=O) groups is 1. The van der Waals surface area contributed by atoms with Crippen LogP contribution in [0, 0.1) is 18.3 Å². The van der Waals surface area contributed by atoms with Crippen molar-refractivity contribution >= 4 is 11.7 Å². The first-order valence-electron chi connectivity index (χ1n) is 15.7. The number of carbonyl (C=O) groups excluding carboxylic acids is 1. The lowest BCUT2D eigenvalue weighted by molar-refractivity contribution is -0.895. The molecule has 0 unspecified atom stereocenters. The van der Waals surface area contributed by atoms with Gasteiger partial charge in [0, 0.05) is 37.9 Å². The second-order valence-electron chi connectivity index (χ2n) is 11.6. The Morgan fingerprint density at radius 2 is 2.07 bits per heavy atom. The van der Waals surface area contributed by atoms with Crippen LogP contribution in [0.1, 0.15) is 76.5 Å². The van der Waals surface area contributed by atoms with E-state index >= 15 is 0 Å². The van der Waals surface area contributed by atoms with Gasteiger partial charge in [0.15, 0.2) is 5.78 Å². The molecule has 2 aliphatic rings. The van der Waals surface area contributed by atoms with Gasteiger partial charge in [-0.05, 0) is 95.5 Å². The summed E-state index contributed by atoms with van der Waals surface area (Å²) >= 11 is 0. The molecule has 10 heteroatoms. The maximum atomic E-state index is 12.5. The molecule has 3 heterocycles. The number of ketones is 1. The molecule has 0 bridgehead atoms. The number of aromatic nitrogens is 3. The summed E-state index contributed by atoms with van der Waals surface area (Å²) in [5.41, 5.74) is 6.90. The van der Waals surface area contributed by atoms with E-state index in [1.165, 1.54) is 48.2 Å². The fourth-order valence-corrected chi connectivity index (χ4v) is 5.64. The number of ether oxygens (including phenoxy) is 1. The molecule has 2 aromatic rings. The minimum absolute atomic E-state index is 0.0525. The largest absolute Gasteiger partial charge is 0.490 e. The number of hydrogen-bond donors (Lipinski definition) is 3. The number of nitrogens with one attached hydrogen (secondary N) is 2. The highest BCUT2D eigenvalue weighted by atomic mass is 16.5. The maximum Gasteiger partial charge on any atom is 0.428 e. The lowest BCUT2D eigenvalue weighted by atomic mass is 9.91. The van der Waals surface area contributed by atoms with Crippen molar-refractivity contribution in [1.82, 2.24) is 20.2 Å². The molecule has 0 radical (unpaired) electrons. The summed E-state index contributed by atoms with van der Waals surface area (Å²) in [6.07, 6.45) is 17.3. The van der Waals surface area contributed by atoms with E-state index in [9.17, 15) is 10.0 Å². The van der Waals surface area contributed by atoms with Crippen molar-refractivity contribution in [3.8, 4) is 11.8 Å². The third-order valence-electron chi connectivity index (χ3n) is 8.39. The number of pyridine rings is 1. The standard InChI is InChI=1S/C34H45N7O3/c1-25-11-14-32-30(9-6-17-37-32)13-12-29(25)8-4-5-18-40(20-21-44-33-10-7-16-36-26(33)2)19-15-31(27(3)42)39-34-38-23-28(22-35)24-41(34)43/h7,10,12-13,16,23-24,31,37,43H,4-6,8-9,11,14-15,17-21H2,1-3H3/p+1/t31-/m0/s1. The zero-order valence-corrected chi connectivity index (χ0v) is 26.3. The number of unbranched alkanes of at least 4 members (excludes halogenated alkanes) is 1. The van der Waals surface area contributed by atoms with E-state index in [1.807, 2.05) is 25.1 Å². The summed E-state index contributed by atoms with van der Waals surface area (Å²) in [5.74, 6) is 0.845. The van der Waals surface area contributed by atoms with E-state index < -0.39 is 6.04 Å². The fraction of sp³-hybridized carbons (Fsp3) is 0.500. The second kappa shape index (κ2) is 16.6. The van der Waals surface area contributed by atoms with Gasteiger partial charge in [-0.2, -0.15) is 5.26 Å².